The number of hydrogen-bond acceptors (Lipinski definition) is 4. The molecule has 0 fully saturated rings. The van der Waals surface area contributed by atoms with Gasteiger partial charge in [-0.3, -0.25) is 0 Å². The van der Waals surface area contributed by atoms with Gasteiger partial charge in [0.1, 0.15) is 5.82 Å². The van der Waals surface area contributed by atoms with Crippen LogP contribution in [0.4, 0.5) is 11.5 Å². The Hall–Kier alpha value is -2.14. The van der Waals surface area contributed by atoms with E-state index in [4.69, 9.17) is 16.7 Å². The second kappa shape index (κ2) is 5.01. The Bertz CT molecular complexity index is 584. The molecule has 0 bridgehead atoms. The molecule has 6 heteroatoms. The Morgan fingerprint density at radius 3 is 2.72 bits per heavy atom. The van der Waals surface area contributed by atoms with Crippen LogP contribution in [0, 0.1) is 6.92 Å². The van der Waals surface area contributed by atoms with E-state index in [1.807, 2.05) is 25.1 Å². The highest BCUT2D eigenvalue weighted by Crippen LogP contribution is 2.27. The van der Waals surface area contributed by atoms with E-state index in [2.05, 4.69) is 15.3 Å². The molecule has 0 aliphatic heterocycles. The first-order valence-electron chi connectivity index (χ1n) is 5.15. The zero-order valence-electron chi connectivity index (χ0n) is 9.51. The lowest BCUT2D eigenvalue weighted by Gasteiger charge is -2.08. The monoisotopic (exact) mass is 263 g/mol. The van der Waals surface area contributed by atoms with Gasteiger partial charge in [0.15, 0.2) is 5.69 Å². The number of carboxylic acid groups (broad SMARTS) is 1. The van der Waals surface area contributed by atoms with Gasteiger partial charge in [-0.2, -0.15) is 0 Å². The molecular weight excluding hydrogens is 254 g/mol. The van der Waals surface area contributed by atoms with E-state index in [1.54, 1.807) is 0 Å². The standard InChI is InChI=1S/C12H10ClN3O2/c1-7-3-2-4-8(11(7)13)16-10-6-14-9(5-15-10)12(17)18/h2-6H,1H3,(H,15,16)(H,17,18). The molecule has 0 aliphatic carbocycles. The second-order valence-corrected chi connectivity index (χ2v) is 4.03. The molecule has 0 saturated heterocycles. The summed E-state index contributed by atoms with van der Waals surface area (Å²) in [4.78, 5) is 18.3. The lowest BCUT2D eigenvalue weighted by molar-refractivity contribution is 0.0690. The van der Waals surface area contributed by atoms with Crippen LogP contribution in [0.25, 0.3) is 0 Å². The number of nitrogens with one attached hydrogen (secondary N) is 1. The van der Waals surface area contributed by atoms with Gasteiger partial charge in [-0.15, -0.1) is 0 Å². The summed E-state index contributed by atoms with van der Waals surface area (Å²) in [6, 6.07) is 5.57. The highest BCUT2D eigenvalue weighted by molar-refractivity contribution is 6.34. The van der Waals surface area contributed by atoms with Crippen molar-refractivity contribution < 1.29 is 9.90 Å². The summed E-state index contributed by atoms with van der Waals surface area (Å²) in [5.74, 6) is -0.671. The third-order valence-electron chi connectivity index (χ3n) is 2.33. The predicted octanol–water partition coefficient (Wildman–Crippen LogP) is 2.88. The molecule has 2 N–H and O–H groups in total. The van der Waals surface area contributed by atoms with Gasteiger partial charge in [0, 0.05) is 0 Å². The quantitative estimate of drug-likeness (QED) is 0.891. The molecular formula is C12H10ClN3O2. The number of aromatic nitrogens is 2. The number of hydrogen-bond donors (Lipinski definition) is 2. The molecule has 18 heavy (non-hydrogen) atoms. The number of carboxylic acids is 1. The van der Waals surface area contributed by atoms with Gasteiger partial charge in [-0.05, 0) is 18.6 Å². The minimum Gasteiger partial charge on any atom is -0.476 e. The van der Waals surface area contributed by atoms with Gasteiger partial charge in [0.05, 0.1) is 23.1 Å². The van der Waals surface area contributed by atoms with Crippen molar-refractivity contribution in [1.82, 2.24) is 9.97 Å². The molecule has 0 aliphatic rings. The average Bonchev–Trinajstić information content (AvgIpc) is 2.36. The molecule has 0 saturated carbocycles. The van der Waals surface area contributed by atoms with Crippen molar-refractivity contribution in [2.24, 2.45) is 0 Å². The number of halogens is 1. The highest BCUT2D eigenvalue weighted by Gasteiger charge is 2.07. The maximum Gasteiger partial charge on any atom is 0.356 e. The number of carbonyl (C=O) groups is 1. The SMILES string of the molecule is Cc1cccc(Nc2cnc(C(=O)O)cn2)c1Cl. The van der Waals surface area contributed by atoms with E-state index in [0.717, 1.165) is 5.56 Å². The Kier molecular flexibility index (Phi) is 3.43. The molecule has 1 aromatic heterocycles. The van der Waals surface area contributed by atoms with Crippen molar-refractivity contribution in [3.63, 3.8) is 0 Å². The first kappa shape index (κ1) is 12.3. The van der Waals surface area contributed by atoms with Gasteiger partial charge in [0.25, 0.3) is 0 Å². The van der Waals surface area contributed by atoms with Crippen LogP contribution in [0.15, 0.2) is 30.6 Å². The number of aryl methyl sites for hydroxylation is 1. The fraction of sp³-hybridized carbons (Fsp3) is 0.0833. The number of benzene rings is 1. The van der Waals surface area contributed by atoms with Crippen LogP contribution in [0.5, 0.6) is 0 Å². The minimum atomic E-state index is -1.11. The fourth-order valence-corrected chi connectivity index (χ4v) is 1.56. The van der Waals surface area contributed by atoms with Crippen LogP contribution < -0.4 is 5.32 Å². The van der Waals surface area contributed by atoms with Crippen molar-refractivity contribution in [3.05, 3.63) is 46.9 Å². The molecule has 0 radical (unpaired) electrons. The Labute approximate surface area is 108 Å². The van der Waals surface area contributed by atoms with Gasteiger partial charge < -0.3 is 10.4 Å². The summed E-state index contributed by atoms with van der Waals surface area (Å²) in [6.07, 6.45) is 2.54. The van der Waals surface area contributed by atoms with Gasteiger partial charge in [0.2, 0.25) is 0 Å². The average molecular weight is 264 g/mol. The number of aromatic carboxylic acids is 1. The lowest BCUT2D eigenvalue weighted by Crippen LogP contribution is -2.03. The number of rotatable bonds is 3. The first-order chi connectivity index (χ1) is 8.58. The van der Waals surface area contributed by atoms with Crippen molar-refractivity contribution in [1.29, 1.82) is 0 Å². The van der Waals surface area contributed by atoms with Crippen molar-refractivity contribution in [3.8, 4) is 0 Å². The second-order valence-electron chi connectivity index (χ2n) is 3.65. The van der Waals surface area contributed by atoms with Crippen molar-refractivity contribution in [2.75, 3.05) is 5.32 Å². The molecule has 2 rings (SSSR count). The van der Waals surface area contributed by atoms with Crippen LogP contribution in [0.2, 0.25) is 5.02 Å². The summed E-state index contributed by atoms with van der Waals surface area (Å²) < 4.78 is 0. The van der Waals surface area contributed by atoms with E-state index >= 15 is 0 Å². The molecule has 0 unspecified atom stereocenters. The van der Waals surface area contributed by atoms with E-state index in [9.17, 15) is 4.79 Å². The van der Waals surface area contributed by atoms with Crippen LogP contribution >= 0.6 is 11.6 Å². The summed E-state index contributed by atoms with van der Waals surface area (Å²) in [7, 11) is 0. The van der Waals surface area contributed by atoms with E-state index in [1.165, 1.54) is 12.4 Å². The first-order valence-corrected chi connectivity index (χ1v) is 5.53. The lowest BCUT2D eigenvalue weighted by atomic mass is 10.2. The molecule has 0 amide bonds. The van der Waals surface area contributed by atoms with Crippen LogP contribution in [0.1, 0.15) is 16.1 Å². The van der Waals surface area contributed by atoms with Crippen molar-refractivity contribution in [2.45, 2.75) is 6.92 Å². The third-order valence-corrected chi connectivity index (χ3v) is 2.83. The Morgan fingerprint density at radius 1 is 1.33 bits per heavy atom. The number of anilines is 2. The van der Waals surface area contributed by atoms with Crippen LogP contribution in [-0.2, 0) is 0 Å². The number of nitrogens with zero attached hydrogens (tertiary/aromatic N) is 2. The zero-order chi connectivity index (χ0) is 13.1. The van der Waals surface area contributed by atoms with Gasteiger partial charge in [-0.25, -0.2) is 14.8 Å². The molecule has 1 heterocycles. The predicted molar refractivity (Wildman–Crippen MR) is 68.5 cm³/mol. The van der Waals surface area contributed by atoms with E-state index in [0.29, 0.717) is 16.5 Å². The smallest absolute Gasteiger partial charge is 0.356 e. The summed E-state index contributed by atoms with van der Waals surface area (Å²) in [5, 5.41) is 12.3. The Morgan fingerprint density at radius 2 is 2.11 bits per heavy atom. The topological polar surface area (TPSA) is 75.1 Å². The highest BCUT2D eigenvalue weighted by atomic mass is 35.5. The zero-order valence-corrected chi connectivity index (χ0v) is 10.3. The van der Waals surface area contributed by atoms with Crippen LogP contribution in [-0.4, -0.2) is 21.0 Å². The Balaban J connectivity index is 2.24. The van der Waals surface area contributed by atoms with Gasteiger partial charge >= 0.3 is 5.97 Å². The maximum absolute atomic E-state index is 10.6. The molecule has 0 spiro atoms. The molecule has 1 aromatic carbocycles. The van der Waals surface area contributed by atoms with Gasteiger partial charge in [-0.1, -0.05) is 23.7 Å². The largest absolute Gasteiger partial charge is 0.476 e. The summed E-state index contributed by atoms with van der Waals surface area (Å²) >= 11 is 6.12. The molecule has 92 valence electrons. The summed E-state index contributed by atoms with van der Waals surface area (Å²) in [6.45, 7) is 1.90. The van der Waals surface area contributed by atoms with Crippen molar-refractivity contribution >= 4 is 29.1 Å². The van der Waals surface area contributed by atoms with E-state index in [-0.39, 0.29) is 5.69 Å². The maximum atomic E-state index is 10.6. The summed E-state index contributed by atoms with van der Waals surface area (Å²) in [5.41, 5.74) is 1.54. The third kappa shape index (κ3) is 2.57. The molecule has 5 nitrogen and oxygen atoms in total. The normalized spacial score (nSPS) is 10.1. The fourth-order valence-electron chi connectivity index (χ4n) is 1.38. The van der Waals surface area contributed by atoms with E-state index < -0.39 is 5.97 Å². The minimum absolute atomic E-state index is 0.101. The molecule has 2 aromatic rings. The molecule has 0 atom stereocenters. The van der Waals surface area contributed by atoms with Crippen LogP contribution in [0.3, 0.4) is 0 Å².